The lowest BCUT2D eigenvalue weighted by molar-refractivity contribution is 0.0303. The monoisotopic (exact) mass is 397 g/mol. The molecule has 0 atom stereocenters. The van der Waals surface area contributed by atoms with Crippen molar-refractivity contribution in [3.8, 4) is 5.75 Å². The third kappa shape index (κ3) is 5.48. The Morgan fingerprint density at radius 3 is 2.48 bits per heavy atom. The summed E-state index contributed by atoms with van der Waals surface area (Å²) in [6.07, 6.45) is 0. The molecule has 7 heteroatoms. The van der Waals surface area contributed by atoms with Crippen molar-refractivity contribution in [2.45, 2.75) is 13.5 Å². The van der Waals surface area contributed by atoms with Crippen LogP contribution in [-0.2, 0) is 11.3 Å². The van der Waals surface area contributed by atoms with Crippen LogP contribution in [0, 0.1) is 0 Å². The number of carbonyl (C=O) groups is 2. The fourth-order valence-corrected chi connectivity index (χ4v) is 3.13. The Morgan fingerprint density at radius 1 is 1.10 bits per heavy atom. The van der Waals surface area contributed by atoms with Crippen molar-refractivity contribution in [3.05, 3.63) is 59.7 Å². The van der Waals surface area contributed by atoms with Crippen LogP contribution in [0.5, 0.6) is 5.75 Å². The summed E-state index contributed by atoms with van der Waals surface area (Å²) in [6, 6.07) is 14.5. The van der Waals surface area contributed by atoms with Gasteiger partial charge in [0.2, 0.25) is 0 Å². The van der Waals surface area contributed by atoms with E-state index in [1.54, 1.807) is 41.1 Å². The Balaban J connectivity index is 1.64. The molecule has 1 saturated heterocycles. The van der Waals surface area contributed by atoms with Gasteiger partial charge in [-0.15, -0.1) is 0 Å². The molecule has 2 aromatic rings. The lowest BCUT2D eigenvalue weighted by Crippen LogP contribution is -2.41. The van der Waals surface area contributed by atoms with Gasteiger partial charge in [-0.1, -0.05) is 24.3 Å². The second-order valence-electron chi connectivity index (χ2n) is 6.81. The van der Waals surface area contributed by atoms with Crippen LogP contribution >= 0.6 is 0 Å². The van der Waals surface area contributed by atoms with E-state index in [0.29, 0.717) is 50.7 Å². The van der Waals surface area contributed by atoms with Crippen molar-refractivity contribution in [3.63, 3.8) is 0 Å². The number of nitrogens with one attached hydrogen (secondary N) is 1. The lowest BCUT2D eigenvalue weighted by atomic mass is 10.1. The maximum absolute atomic E-state index is 12.8. The first-order valence-corrected chi connectivity index (χ1v) is 9.78. The molecule has 0 aliphatic carbocycles. The molecular weight excluding hydrogens is 370 g/mol. The summed E-state index contributed by atoms with van der Waals surface area (Å²) in [5.74, 6) is 0.706. The van der Waals surface area contributed by atoms with Gasteiger partial charge in [0.15, 0.2) is 0 Å². The van der Waals surface area contributed by atoms with Crippen LogP contribution in [0.1, 0.15) is 22.8 Å². The number of amides is 3. The number of benzene rings is 2. The van der Waals surface area contributed by atoms with E-state index in [9.17, 15) is 9.59 Å². The summed E-state index contributed by atoms with van der Waals surface area (Å²) < 4.78 is 10.8. The number of anilines is 1. The van der Waals surface area contributed by atoms with Gasteiger partial charge in [-0.05, 0) is 36.8 Å². The molecule has 0 unspecified atom stereocenters. The fourth-order valence-electron chi connectivity index (χ4n) is 3.13. The van der Waals surface area contributed by atoms with Crippen molar-refractivity contribution < 1.29 is 19.1 Å². The summed E-state index contributed by atoms with van der Waals surface area (Å²) in [6.45, 7) is 5.17. The van der Waals surface area contributed by atoms with E-state index in [0.717, 1.165) is 11.3 Å². The number of para-hydroxylation sites is 1. The number of nitrogens with zero attached hydrogens (tertiary/aromatic N) is 2. The molecule has 0 radical (unpaired) electrons. The van der Waals surface area contributed by atoms with E-state index in [1.165, 1.54) is 0 Å². The third-order valence-electron chi connectivity index (χ3n) is 4.70. The van der Waals surface area contributed by atoms with Gasteiger partial charge in [-0.2, -0.15) is 0 Å². The molecule has 3 amide bonds. The second kappa shape index (κ2) is 9.93. The molecule has 1 fully saturated rings. The number of rotatable bonds is 6. The Kier molecular flexibility index (Phi) is 7.08. The van der Waals surface area contributed by atoms with Gasteiger partial charge in [0.1, 0.15) is 5.75 Å². The number of morpholine rings is 1. The van der Waals surface area contributed by atoms with Crippen LogP contribution in [0.3, 0.4) is 0 Å². The van der Waals surface area contributed by atoms with Gasteiger partial charge in [-0.25, -0.2) is 4.79 Å². The average Bonchev–Trinajstić information content (AvgIpc) is 2.76. The topological polar surface area (TPSA) is 71.1 Å². The first-order chi connectivity index (χ1) is 14.1. The minimum atomic E-state index is -0.277. The van der Waals surface area contributed by atoms with Gasteiger partial charge in [0, 0.05) is 26.7 Å². The SMILES string of the molecule is CCOc1ccc(CN(C)C(=O)Nc2ccccc2C(=O)N2CCOCC2)cc1. The summed E-state index contributed by atoms with van der Waals surface area (Å²) in [7, 11) is 1.72. The highest BCUT2D eigenvalue weighted by atomic mass is 16.5. The highest BCUT2D eigenvalue weighted by Gasteiger charge is 2.22. The molecule has 29 heavy (non-hydrogen) atoms. The summed E-state index contributed by atoms with van der Waals surface area (Å²) in [4.78, 5) is 28.8. The molecule has 1 N–H and O–H groups in total. The Labute approximate surface area is 171 Å². The molecule has 0 aromatic heterocycles. The van der Waals surface area contributed by atoms with Crippen LogP contribution in [0.15, 0.2) is 48.5 Å². The van der Waals surface area contributed by atoms with Gasteiger partial charge in [-0.3, -0.25) is 4.79 Å². The molecule has 0 spiro atoms. The average molecular weight is 397 g/mol. The molecule has 1 aliphatic heterocycles. The summed E-state index contributed by atoms with van der Waals surface area (Å²) in [5.41, 5.74) is 1.98. The van der Waals surface area contributed by atoms with Crippen molar-refractivity contribution in [1.29, 1.82) is 0 Å². The minimum Gasteiger partial charge on any atom is -0.494 e. The predicted octanol–water partition coefficient (Wildman–Crippen LogP) is 3.22. The maximum Gasteiger partial charge on any atom is 0.321 e. The highest BCUT2D eigenvalue weighted by molar-refractivity contribution is 6.03. The molecular formula is C22H27N3O4. The van der Waals surface area contributed by atoms with Crippen molar-refractivity contribution >= 4 is 17.6 Å². The molecule has 1 aliphatic rings. The van der Waals surface area contributed by atoms with E-state index < -0.39 is 0 Å². The Morgan fingerprint density at radius 2 is 1.79 bits per heavy atom. The van der Waals surface area contributed by atoms with Gasteiger partial charge in [0.25, 0.3) is 5.91 Å². The first kappa shape index (κ1) is 20.7. The van der Waals surface area contributed by atoms with Gasteiger partial charge in [0.05, 0.1) is 31.1 Å². The second-order valence-corrected chi connectivity index (χ2v) is 6.81. The van der Waals surface area contributed by atoms with Crippen LogP contribution in [-0.4, -0.2) is 61.7 Å². The fraction of sp³-hybridized carbons (Fsp3) is 0.364. The molecule has 0 bridgehead atoms. The quantitative estimate of drug-likeness (QED) is 0.813. The van der Waals surface area contributed by atoms with Gasteiger partial charge >= 0.3 is 6.03 Å². The zero-order chi connectivity index (χ0) is 20.6. The number of urea groups is 1. The van der Waals surface area contributed by atoms with E-state index in [-0.39, 0.29) is 11.9 Å². The number of ether oxygens (including phenoxy) is 2. The Hall–Kier alpha value is -3.06. The largest absolute Gasteiger partial charge is 0.494 e. The molecule has 3 rings (SSSR count). The van der Waals surface area contributed by atoms with E-state index >= 15 is 0 Å². The third-order valence-corrected chi connectivity index (χ3v) is 4.70. The van der Waals surface area contributed by atoms with Crippen LogP contribution in [0.2, 0.25) is 0 Å². The van der Waals surface area contributed by atoms with Crippen molar-refractivity contribution in [2.24, 2.45) is 0 Å². The number of carbonyl (C=O) groups excluding carboxylic acids is 2. The van der Waals surface area contributed by atoms with Crippen LogP contribution in [0.25, 0.3) is 0 Å². The normalized spacial score (nSPS) is 13.7. The molecule has 2 aromatic carbocycles. The van der Waals surface area contributed by atoms with Crippen LogP contribution < -0.4 is 10.1 Å². The number of hydrogen-bond donors (Lipinski definition) is 1. The minimum absolute atomic E-state index is 0.0987. The summed E-state index contributed by atoms with van der Waals surface area (Å²) in [5, 5.41) is 2.87. The molecule has 7 nitrogen and oxygen atoms in total. The van der Waals surface area contributed by atoms with E-state index in [4.69, 9.17) is 9.47 Å². The highest BCUT2D eigenvalue weighted by Crippen LogP contribution is 2.19. The molecule has 0 saturated carbocycles. The molecule has 1 heterocycles. The van der Waals surface area contributed by atoms with Crippen LogP contribution in [0.4, 0.5) is 10.5 Å². The standard InChI is InChI=1S/C22H27N3O4/c1-3-29-18-10-8-17(9-11-18)16-24(2)22(27)23-20-7-5-4-6-19(20)21(26)25-12-14-28-15-13-25/h4-11H,3,12-16H2,1-2H3,(H,23,27). The predicted molar refractivity (Wildman–Crippen MR) is 111 cm³/mol. The summed E-state index contributed by atoms with van der Waals surface area (Å²) >= 11 is 0. The maximum atomic E-state index is 12.8. The number of hydrogen-bond acceptors (Lipinski definition) is 4. The molecule has 154 valence electrons. The Bertz CT molecular complexity index is 832. The zero-order valence-electron chi connectivity index (χ0n) is 16.9. The van der Waals surface area contributed by atoms with Crippen molar-refractivity contribution in [1.82, 2.24) is 9.80 Å². The smallest absolute Gasteiger partial charge is 0.321 e. The lowest BCUT2D eigenvalue weighted by Gasteiger charge is -2.28. The van der Waals surface area contributed by atoms with Crippen molar-refractivity contribution in [2.75, 3.05) is 45.3 Å². The first-order valence-electron chi connectivity index (χ1n) is 9.78. The van der Waals surface area contributed by atoms with Gasteiger partial charge < -0.3 is 24.6 Å². The van der Waals surface area contributed by atoms with E-state index in [2.05, 4.69) is 5.32 Å². The zero-order valence-corrected chi connectivity index (χ0v) is 16.9. The van der Waals surface area contributed by atoms with E-state index in [1.807, 2.05) is 31.2 Å².